The summed E-state index contributed by atoms with van der Waals surface area (Å²) in [6.07, 6.45) is 1.19. The van der Waals surface area contributed by atoms with Crippen molar-refractivity contribution >= 4 is 5.91 Å². The highest BCUT2D eigenvalue weighted by molar-refractivity contribution is 5.75. The highest BCUT2D eigenvalue weighted by Crippen LogP contribution is 2.14. The number of nitrogens with zero attached hydrogens (tertiary/aromatic N) is 1. The van der Waals surface area contributed by atoms with E-state index in [1.165, 1.54) is 0 Å². The van der Waals surface area contributed by atoms with Gasteiger partial charge in [0.2, 0.25) is 5.91 Å². The predicted molar refractivity (Wildman–Crippen MR) is 82.9 cm³/mol. The average molecular weight is 291 g/mol. The van der Waals surface area contributed by atoms with Crippen molar-refractivity contribution in [3.05, 3.63) is 35.9 Å². The zero-order valence-electron chi connectivity index (χ0n) is 12.6. The second kappa shape index (κ2) is 8.12. The molecule has 0 aromatic heterocycles. The van der Waals surface area contributed by atoms with Crippen LogP contribution in [0.25, 0.3) is 0 Å². The van der Waals surface area contributed by atoms with E-state index in [9.17, 15) is 4.79 Å². The van der Waals surface area contributed by atoms with Gasteiger partial charge >= 0.3 is 0 Å². The number of ether oxygens (including phenoxy) is 1. The van der Waals surface area contributed by atoms with Crippen LogP contribution in [0.5, 0.6) is 0 Å². The van der Waals surface area contributed by atoms with E-state index in [0.29, 0.717) is 19.4 Å². The van der Waals surface area contributed by atoms with Crippen LogP contribution in [-0.2, 0) is 9.53 Å². The molecule has 0 saturated carbocycles. The minimum atomic E-state index is -0.0889. The van der Waals surface area contributed by atoms with Crippen molar-refractivity contribution in [1.82, 2.24) is 10.2 Å². The Kier molecular flexibility index (Phi) is 6.17. The summed E-state index contributed by atoms with van der Waals surface area (Å²) in [5.74, 6) is 0.0400. The van der Waals surface area contributed by atoms with E-state index >= 15 is 0 Å². The highest BCUT2D eigenvalue weighted by atomic mass is 16.5. The molecule has 116 valence electrons. The number of morpholine rings is 1. The second-order valence-corrected chi connectivity index (χ2v) is 5.61. The molecule has 1 aliphatic heterocycles. The number of nitrogens with two attached hydrogens (primary N) is 1. The third-order valence-corrected chi connectivity index (χ3v) is 3.78. The first-order chi connectivity index (χ1) is 10.1. The predicted octanol–water partition coefficient (Wildman–Crippen LogP) is 0.913. The van der Waals surface area contributed by atoms with Crippen LogP contribution in [0, 0.1) is 0 Å². The lowest BCUT2D eigenvalue weighted by Gasteiger charge is -2.30. The molecule has 0 spiro atoms. The lowest BCUT2D eigenvalue weighted by Crippen LogP contribution is -2.45. The first-order valence-corrected chi connectivity index (χ1v) is 7.52. The Hall–Kier alpha value is -1.43. The number of benzene rings is 1. The molecule has 0 radical (unpaired) electrons. The van der Waals surface area contributed by atoms with Gasteiger partial charge in [-0.1, -0.05) is 30.3 Å². The Morgan fingerprint density at radius 1 is 1.48 bits per heavy atom. The van der Waals surface area contributed by atoms with Crippen LogP contribution in [0.4, 0.5) is 0 Å². The monoisotopic (exact) mass is 291 g/mol. The average Bonchev–Trinajstić information content (AvgIpc) is 2.51. The van der Waals surface area contributed by atoms with Gasteiger partial charge < -0.3 is 20.7 Å². The molecule has 1 aromatic rings. The number of rotatable bonds is 6. The minimum absolute atomic E-state index is 0.0400. The van der Waals surface area contributed by atoms with Gasteiger partial charge in [0.05, 0.1) is 12.7 Å². The van der Waals surface area contributed by atoms with E-state index in [2.05, 4.69) is 17.3 Å². The van der Waals surface area contributed by atoms with E-state index in [1.54, 1.807) is 0 Å². The fraction of sp³-hybridized carbons (Fsp3) is 0.562. The molecule has 2 rings (SSSR count). The summed E-state index contributed by atoms with van der Waals surface area (Å²) in [4.78, 5) is 14.1. The zero-order chi connectivity index (χ0) is 15.1. The van der Waals surface area contributed by atoms with Crippen LogP contribution in [0.15, 0.2) is 30.3 Å². The van der Waals surface area contributed by atoms with E-state index in [0.717, 1.165) is 25.3 Å². The van der Waals surface area contributed by atoms with Gasteiger partial charge in [-0.3, -0.25) is 4.79 Å². The maximum atomic E-state index is 11.9. The number of nitrogens with one attached hydrogen (secondary N) is 1. The van der Waals surface area contributed by atoms with E-state index in [4.69, 9.17) is 10.5 Å². The molecule has 0 aliphatic carbocycles. The molecule has 1 amide bonds. The molecule has 3 N–H and O–H groups in total. The normalized spacial score (nSPS) is 21.0. The van der Waals surface area contributed by atoms with Gasteiger partial charge in [0, 0.05) is 32.1 Å². The van der Waals surface area contributed by atoms with Gasteiger partial charge in [-0.2, -0.15) is 0 Å². The summed E-state index contributed by atoms with van der Waals surface area (Å²) in [6.45, 7) is 3.12. The van der Waals surface area contributed by atoms with Crippen LogP contribution in [0.1, 0.15) is 24.4 Å². The topological polar surface area (TPSA) is 67.6 Å². The SMILES string of the molecule is CN1CCOC(CNC(=O)CCC(N)c2ccccc2)C1. The minimum Gasteiger partial charge on any atom is -0.374 e. The van der Waals surface area contributed by atoms with E-state index in [1.807, 2.05) is 30.3 Å². The number of hydrogen-bond acceptors (Lipinski definition) is 4. The van der Waals surface area contributed by atoms with Crippen molar-refractivity contribution in [3.63, 3.8) is 0 Å². The van der Waals surface area contributed by atoms with Crippen LogP contribution < -0.4 is 11.1 Å². The van der Waals surface area contributed by atoms with Gasteiger partial charge in [-0.15, -0.1) is 0 Å². The van der Waals surface area contributed by atoms with Crippen molar-refractivity contribution < 1.29 is 9.53 Å². The van der Waals surface area contributed by atoms with Gasteiger partial charge in [-0.05, 0) is 19.0 Å². The molecule has 5 heteroatoms. The Bertz CT molecular complexity index is 438. The Labute approximate surface area is 126 Å². The maximum Gasteiger partial charge on any atom is 0.220 e. The summed E-state index contributed by atoms with van der Waals surface area (Å²) in [5, 5.41) is 2.93. The number of hydrogen-bond donors (Lipinski definition) is 2. The van der Waals surface area contributed by atoms with Gasteiger partial charge in [0.1, 0.15) is 0 Å². The zero-order valence-corrected chi connectivity index (χ0v) is 12.6. The Balaban J connectivity index is 1.65. The standard InChI is InChI=1S/C16H25N3O2/c1-19-9-10-21-14(12-19)11-18-16(20)8-7-15(17)13-5-3-2-4-6-13/h2-6,14-15H,7-12,17H2,1H3,(H,18,20). The van der Waals surface area contributed by atoms with Gasteiger partial charge in [0.15, 0.2) is 0 Å². The molecular weight excluding hydrogens is 266 g/mol. The van der Waals surface area contributed by atoms with Crippen LogP contribution in [-0.4, -0.2) is 50.2 Å². The smallest absolute Gasteiger partial charge is 0.220 e. The third-order valence-electron chi connectivity index (χ3n) is 3.78. The van der Waals surface area contributed by atoms with Crippen LogP contribution in [0.3, 0.4) is 0 Å². The molecule has 1 aliphatic rings. The van der Waals surface area contributed by atoms with E-state index in [-0.39, 0.29) is 18.1 Å². The second-order valence-electron chi connectivity index (χ2n) is 5.61. The summed E-state index contributed by atoms with van der Waals surface area (Å²) < 4.78 is 5.61. The first-order valence-electron chi connectivity index (χ1n) is 7.52. The van der Waals surface area contributed by atoms with Crippen molar-refractivity contribution in [3.8, 4) is 0 Å². The lowest BCUT2D eigenvalue weighted by molar-refractivity contribution is -0.122. The number of carbonyl (C=O) groups excluding carboxylic acids is 1. The van der Waals surface area contributed by atoms with Crippen molar-refractivity contribution in [2.45, 2.75) is 25.0 Å². The summed E-state index contributed by atoms with van der Waals surface area (Å²) in [7, 11) is 2.07. The molecule has 2 unspecified atom stereocenters. The van der Waals surface area contributed by atoms with Crippen molar-refractivity contribution in [1.29, 1.82) is 0 Å². The van der Waals surface area contributed by atoms with E-state index < -0.39 is 0 Å². The summed E-state index contributed by atoms with van der Waals surface area (Å²) in [6, 6.07) is 9.79. The van der Waals surface area contributed by atoms with Crippen LogP contribution in [0.2, 0.25) is 0 Å². The summed E-state index contributed by atoms with van der Waals surface area (Å²) >= 11 is 0. The van der Waals surface area contributed by atoms with Gasteiger partial charge in [0.25, 0.3) is 0 Å². The van der Waals surface area contributed by atoms with Gasteiger partial charge in [-0.25, -0.2) is 0 Å². The molecule has 0 bridgehead atoms. The molecular formula is C16H25N3O2. The number of carbonyl (C=O) groups is 1. The molecule has 5 nitrogen and oxygen atoms in total. The first kappa shape index (κ1) is 15.9. The quantitative estimate of drug-likeness (QED) is 0.817. The Morgan fingerprint density at radius 2 is 2.24 bits per heavy atom. The van der Waals surface area contributed by atoms with Crippen LogP contribution >= 0.6 is 0 Å². The molecule has 1 heterocycles. The molecule has 2 atom stereocenters. The highest BCUT2D eigenvalue weighted by Gasteiger charge is 2.18. The lowest BCUT2D eigenvalue weighted by atomic mass is 10.0. The molecule has 21 heavy (non-hydrogen) atoms. The Morgan fingerprint density at radius 3 is 2.95 bits per heavy atom. The summed E-state index contributed by atoms with van der Waals surface area (Å²) in [5.41, 5.74) is 7.16. The largest absolute Gasteiger partial charge is 0.374 e. The van der Waals surface area contributed by atoms with Crippen molar-refractivity contribution in [2.24, 2.45) is 5.73 Å². The number of likely N-dealkylation sites (N-methyl/N-ethyl adjacent to an activating group) is 1. The molecule has 1 saturated heterocycles. The maximum absolute atomic E-state index is 11.9. The third kappa shape index (κ3) is 5.46. The fourth-order valence-electron chi connectivity index (χ4n) is 2.46. The van der Waals surface area contributed by atoms with Crippen molar-refractivity contribution in [2.75, 3.05) is 33.3 Å². The molecule has 1 fully saturated rings. The molecule has 1 aromatic carbocycles. The fourth-order valence-corrected chi connectivity index (χ4v) is 2.46. The number of amides is 1.